The lowest BCUT2D eigenvalue weighted by atomic mass is 10.1. The first-order valence-corrected chi connectivity index (χ1v) is 8.19. The average molecular weight is 311 g/mol. The Hall–Kier alpha value is -2.05. The van der Waals surface area contributed by atoms with Crippen LogP contribution >= 0.6 is 11.8 Å². The molecule has 5 nitrogen and oxygen atoms in total. The molecule has 112 valence electrons. The molecule has 0 aliphatic carbocycles. The van der Waals surface area contributed by atoms with Crippen LogP contribution in [0.2, 0.25) is 0 Å². The molecule has 0 saturated carbocycles. The molecule has 0 radical (unpaired) electrons. The second-order valence-electron chi connectivity index (χ2n) is 5.24. The van der Waals surface area contributed by atoms with Gasteiger partial charge in [-0.1, -0.05) is 30.0 Å². The Bertz CT molecular complexity index is 812. The van der Waals surface area contributed by atoms with Gasteiger partial charge in [-0.15, -0.1) is 5.10 Å². The van der Waals surface area contributed by atoms with E-state index in [0.29, 0.717) is 0 Å². The summed E-state index contributed by atoms with van der Waals surface area (Å²) >= 11 is 1.70. The standard InChI is InChI=1S/C16H17N5S/c1-17-15-14(22-12-5-3-2-4-6-12)16-19-10-11-9-18-8-7-13(11)21(16)20-15/h2-6,10,18H,7-9H2,1H3,(H,17,20). The minimum absolute atomic E-state index is 0.869. The summed E-state index contributed by atoms with van der Waals surface area (Å²) in [5, 5.41) is 11.3. The lowest BCUT2D eigenvalue weighted by Crippen LogP contribution is -2.26. The van der Waals surface area contributed by atoms with E-state index in [9.17, 15) is 0 Å². The highest BCUT2D eigenvalue weighted by molar-refractivity contribution is 7.99. The quantitative estimate of drug-likeness (QED) is 0.778. The van der Waals surface area contributed by atoms with E-state index in [0.717, 1.165) is 35.9 Å². The van der Waals surface area contributed by atoms with Crippen molar-refractivity contribution in [2.75, 3.05) is 18.9 Å². The Morgan fingerprint density at radius 3 is 2.95 bits per heavy atom. The highest BCUT2D eigenvalue weighted by Crippen LogP contribution is 2.36. The van der Waals surface area contributed by atoms with Gasteiger partial charge in [0.2, 0.25) is 0 Å². The fraction of sp³-hybridized carbons (Fsp3) is 0.250. The van der Waals surface area contributed by atoms with E-state index in [-0.39, 0.29) is 0 Å². The number of aromatic nitrogens is 3. The first-order valence-electron chi connectivity index (χ1n) is 7.37. The van der Waals surface area contributed by atoms with E-state index >= 15 is 0 Å². The zero-order chi connectivity index (χ0) is 14.9. The number of hydrogen-bond donors (Lipinski definition) is 2. The van der Waals surface area contributed by atoms with Crippen LogP contribution in [0.5, 0.6) is 0 Å². The maximum Gasteiger partial charge on any atom is 0.171 e. The Labute approximate surface area is 133 Å². The third kappa shape index (κ3) is 2.24. The minimum atomic E-state index is 0.869. The third-order valence-electron chi connectivity index (χ3n) is 3.84. The van der Waals surface area contributed by atoms with Gasteiger partial charge in [-0.05, 0) is 12.1 Å². The Kier molecular flexibility index (Phi) is 3.48. The van der Waals surface area contributed by atoms with Gasteiger partial charge >= 0.3 is 0 Å². The largest absolute Gasteiger partial charge is 0.371 e. The number of hydrogen-bond acceptors (Lipinski definition) is 5. The molecule has 3 aromatic rings. The fourth-order valence-corrected chi connectivity index (χ4v) is 3.75. The second kappa shape index (κ2) is 5.62. The lowest BCUT2D eigenvalue weighted by molar-refractivity contribution is 0.610. The summed E-state index contributed by atoms with van der Waals surface area (Å²) in [6.07, 6.45) is 2.96. The molecule has 0 fully saturated rings. The summed E-state index contributed by atoms with van der Waals surface area (Å²) in [5.41, 5.74) is 3.43. The molecule has 0 bridgehead atoms. The van der Waals surface area contributed by atoms with Gasteiger partial charge in [-0.3, -0.25) is 0 Å². The van der Waals surface area contributed by atoms with Crippen LogP contribution in [0, 0.1) is 0 Å². The molecule has 2 aromatic heterocycles. The molecule has 4 rings (SSSR count). The van der Waals surface area contributed by atoms with E-state index in [1.165, 1.54) is 16.2 Å². The van der Waals surface area contributed by atoms with Gasteiger partial charge in [-0.2, -0.15) is 0 Å². The number of nitrogens with zero attached hydrogens (tertiary/aromatic N) is 3. The number of benzene rings is 1. The summed E-state index contributed by atoms with van der Waals surface area (Å²) < 4.78 is 2.01. The molecule has 1 aliphatic rings. The smallest absolute Gasteiger partial charge is 0.171 e. The van der Waals surface area contributed by atoms with Gasteiger partial charge in [0.15, 0.2) is 11.5 Å². The lowest BCUT2D eigenvalue weighted by Gasteiger charge is -2.17. The van der Waals surface area contributed by atoms with Crippen molar-refractivity contribution in [3.05, 3.63) is 47.8 Å². The summed E-state index contributed by atoms with van der Waals surface area (Å²) in [7, 11) is 1.91. The van der Waals surface area contributed by atoms with Crippen LogP contribution in [0.3, 0.4) is 0 Å². The fourth-order valence-electron chi connectivity index (χ4n) is 2.75. The van der Waals surface area contributed by atoms with Gasteiger partial charge in [-0.25, -0.2) is 9.50 Å². The molecule has 0 unspecified atom stereocenters. The highest BCUT2D eigenvalue weighted by Gasteiger charge is 2.20. The summed E-state index contributed by atoms with van der Waals surface area (Å²) in [6, 6.07) is 10.3. The van der Waals surface area contributed by atoms with Crippen molar-refractivity contribution in [3.8, 4) is 0 Å². The molecule has 3 heterocycles. The normalized spacial score (nSPS) is 14.0. The van der Waals surface area contributed by atoms with Crippen molar-refractivity contribution in [1.82, 2.24) is 19.9 Å². The maximum atomic E-state index is 4.74. The van der Waals surface area contributed by atoms with E-state index < -0.39 is 0 Å². The molecule has 1 aromatic carbocycles. The van der Waals surface area contributed by atoms with Crippen molar-refractivity contribution in [3.63, 3.8) is 0 Å². The van der Waals surface area contributed by atoms with Crippen molar-refractivity contribution in [1.29, 1.82) is 0 Å². The summed E-state index contributed by atoms with van der Waals surface area (Å²) in [4.78, 5) is 6.93. The number of anilines is 1. The van der Waals surface area contributed by atoms with Gasteiger partial charge < -0.3 is 10.6 Å². The van der Waals surface area contributed by atoms with Crippen LogP contribution in [0.4, 0.5) is 5.82 Å². The monoisotopic (exact) mass is 311 g/mol. The van der Waals surface area contributed by atoms with Crippen LogP contribution in [0.1, 0.15) is 11.3 Å². The van der Waals surface area contributed by atoms with E-state index in [4.69, 9.17) is 5.10 Å². The second-order valence-corrected chi connectivity index (χ2v) is 6.32. The maximum absolute atomic E-state index is 4.74. The molecule has 0 amide bonds. The Morgan fingerprint density at radius 2 is 2.14 bits per heavy atom. The van der Waals surface area contributed by atoms with E-state index in [1.54, 1.807) is 11.8 Å². The number of nitrogens with one attached hydrogen (secondary N) is 2. The summed E-state index contributed by atoms with van der Waals surface area (Å²) in [6.45, 7) is 1.86. The van der Waals surface area contributed by atoms with Gasteiger partial charge in [0, 0.05) is 43.2 Å². The molecule has 0 spiro atoms. The van der Waals surface area contributed by atoms with Crippen LogP contribution in [-0.2, 0) is 13.0 Å². The van der Waals surface area contributed by atoms with Crippen LogP contribution < -0.4 is 10.6 Å². The van der Waals surface area contributed by atoms with Crippen molar-refractivity contribution in [2.24, 2.45) is 0 Å². The first-order chi connectivity index (χ1) is 10.9. The minimum Gasteiger partial charge on any atom is -0.371 e. The zero-order valence-corrected chi connectivity index (χ0v) is 13.2. The van der Waals surface area contributed by atoms with Crippen LogP contribution in [-0.4, -0.2) is 28.2 Å². The predicted octanol–water partition coefficient (Wildman–Crippen LogP) is 2.57. The molecular formula is C16H17N5S. The average Bonchev–Trinajstić information content (AvgIpc) is 2.94. The molecular weight excluding hydrogens is 294 g/mol. The van der Waals surface area contributed by atoms with Crippen molar-refractivity contribution in [2.45, 2.75) is 22.8 Å². The van der Waals surface area contributed by atoms with Gasteiger partial charge in [0.05, 0.1) is 5.69 Å². The Balaban J connectivity index is 1.86. The first kappa shape index (κ1) is 13.6. The SMILES string of the molecule is CNc1nn2c3c(cnc2c1Sc1ccccc1)CNCC3. The zero-order valence-electron chi connectivity index (χ0n) is 12.3. The van der Waals surface area contributed by atoms with Crippen LogP contribution in [0.25, 0.3) is 5.65 Å². The topological polar surface area (TPSA) is 54.2 Å². The van der Waals surface area contributed by atoms with E-state index in [2.05, 4.69) is 27.8 Å². The molecule has 6 heteroatoms. The Morgan fingerprint density at radius 1 is 1.27 bits per heavy atom. The molecule has 0 saturated heterocycles. The number of rotatable bonds is 3. The predicted molar refractivity (Wildman–Crippen MR) is 88.5 cm³/mol. The van der Waals surface area contributed by atoms with Crippen LogP contribution in [0.15, 0.2) is 46.3 Å². The molecule has 1 aliphatic heterocycles. The molecule has 2 N–H and O–H groups in total. The highest BCUT2D eigenvalue weighted by atomic mass is 32.2. The number of fused-ring (bicyclic) bond motifs is 3. The van der Waals surface area contributed by atoms with Crippen molar-refractivity contribution < 1.29 is 0 Å². The third-order valence-corrected chi connectivity index (χ3v) is 4.93. The van der Waals surface area contributed by atoms with E-state index in [1.807, 2.05) is 36.0 Å². The molecule has 22 heavy (non-hydrogen) atoms. The van der Waals surface area contributed by atoms with Gasteiger partial charge in [0.1, 0.15) is 4.90 Å². The molecule has 0 atom stereocenters. The van der Waals surface area contributed by atoms with Crippen molar-refractivity contribution >= 4 is 23.2 Å². The summed E-state index contributed by atoms with van der Waals surface area (Å²) in [5.74, 6) is 0.883. The van der Waals surface area contributed by atoms with Gasteiger partial charge in [0.25, 0.3) is 0 Å².